The van der Waals surface area contributed by atoms with E-state index in [9.17, 15) is 19.0 Å². The van der Waals surface area contributed by atoms with E-state index in [4.69, 9.17) is 18.5 Å². The maximum atomic E-state index is 12.6. The molecule has 2 atom stereocenters. The normalized spacial score (nSPS) is 14.0. The second kappa shape index (κ2) is 35.9. The number of carbonyl (C=O) groups is 2. The molecule has 10 heteroatoms. The second-order valence-corrected chi connectivity index (χ2v) is 16.8. The van der Waals surface area contributed by atoms with E-state index in [2.05, 4.69) is 50.3 Å². The van der Waals surface area contributed by atoms with Crippen LogP contribution in [0.4, 0.5) is 0 Å². The molecule has 0 radical (unpaired) electrons. The van der Waals surface area contributed by atoms with Crippen LogP contribution in [0.1, 0.15) is 174 Å². The zero-order chi connectivity index (χ0) is 39.3. The summed E-state index contributed by atoms with van der Waals surface area (Å²) in [6.45, 7) is 4.15. The Hall–Kier alpha value is -1.77. The molecule has 0 N–H and O–H groups in total. The summed E-state index contributed by atoms with van der Waals surface area (Å²) >= 11 is 0. The monoisotopic (exact) mass is 770 g/mol. The van der Waals surface area contributed by atoms with Crippen molar-refractivity contribution in [2.24, 2.45) is 0 Å². The Morgan fingerprint density at radius 1 is 0.585 bits per heavy atom. The van der Waals surface area contributed by atoms with Gasteiger partial charge in [0, 0.05) is 12.8 Å². The minimum atomic E-state index is -4.63. The first-order valence-electron chi connectivity index (χ1n) is 21.2. The van der Waals surface area contributed by atoms with Crippen molar-refractivity contribution in [1.82, 2.24) is 0 Å². The van der Waals surface area contributed by atoms with Crippen molar-refractivity contribution in [3.63, 3.8) is 0 Å². The first kappa shape index (κ1) is 51.2. The van der Waals surface area contributed by atoms with Crippen LogP contribution in [-0.4, -0.2) is 70.0 Å². The van der Waals surface area contributed by atoms with E-state index >= 15 is 0 Å². The lowest BCUT2D eigenvalue weighted by Gasteiger charge is -2.28. The van der Waals surface area contributed by atoms with Crippen molar-refractivity contribution in [3.8, 4) is 0 Å². The van der Waals surface area contributed by atoms with E-state index in [-0.39, 0.29) is 26.1 Å². The summed E-state index contributed by atoms with van der Waals surface area (Å²) in [5.41, 5.74) is 0. The number of quaternary nitrogens is 1. The molecular formula is C43H80NO8P. The number of ether oxygens (including phenoxy) is 2. The van der Waals surface area contributed by atoms with Crippen molar-refractivity contribution >= 4 is 19.8 Å². The topological polar surface area (TPSA) is 111 Å². The molecule has 0 aromatic heterocycles. The molecule has 0 amide bonds. The molecule has 0 aliphatic rings. The highest BCUT2D eigenvalue weighted by Crippen LogP contribution is 2.38. The van der Waals surface area contributed by atoms with Crippen LogP contribution < -0.4 is 4.89 Å². The molecule has 0 aliphatic carbocycles. The van der Waals surface area contributed by atoms with Crippen molar-refractivity contribution < 1.29 is 42.1 Å². The fourth-order valence-corrected chi connectivity index (χ4v) is 6.23. The maximum absolute atomic E-state index is 12.6. The molecule has 9 nitrogen and oxygen atoms in total. The molecule has 0 heterocycles. The average molecular weight is 770 g/mol. The number of carbonyl (C=O) groups excluding carboxylic acids is 2. The molecule has 0 saturated carbocycles. The quantitative estimate of drug-likeness (QED) is 0.0201. The highest BCUT2D eigenvalue weighted by molar-refractivity contribution is 7.45. The lowest BCUT2D eigenvalue weighted by atomic mass is 10.1. The first-order valence-corrected chi connectivity index (χ1v) is 22.7. The molecule has 0 rings (SSSR count). The van der Waals surface area contributed by atoms with Gasteiger partial charge in [0.05, 0.1) is 27.7 Å². The molecular weight excluding hydrogens is 689 g/mol. The first-order chi connectivity index (χ1) is 25.5. The highest BCUT2D eigenvalue weighted by atomic mass is 31.2. The third kappa shape index (κ3) is 39.7. The number of phosphoric ester groups is 1. The molecule has 0 bridgehead atoms. The molecule has 53 heavy (non-hydrogen) atoms. The third-order valence-corrected chi connectivity index (χ3v) is 9.85. The Kier molecular flexibility index (Phi) is 34.7. The van der Waals surface area contributed by atoms with Crippen molar-refractivity contribution in [2.45, 2.75) is 180 Å². The number of nitrogens with zero attached hydrogens (tertiary/aromatic N) is 1. The fraction of sp³-hybridized carbons (Fsp3) is 0.814. The maximum Gasteiger partial charge on any atom is 0.306 e. The number of phosphoric acid groups is 1. The SMILES string of the molecule is CCCCCCC/C=C/CCCCCCCC(=O)O[C@H](COC(=O)CCCC/C=C/C/C=C/CCCCCCCC)COP(=O)([O-])OCC[N+](C)(C)C. The van der Waals surface area contributed by atoms with Crippen LogP contribution in [0.3, 0.4) is 0 Å². The number of hydrogen-bond donors (Lipinski definition) is 0. The van der Waals surface area contributed by atoms with Crippen LogP contribution in [0.5, 0.6) is 0 Å². The predicted octanol–water partition coefficient (Wildman–Crippen LogP) is 11.1. The standard InChI is InChI=1S/C43H80NO8P/c1-6-8-10-12-14-16-18-20-22-24-25-27-29-31-33-35-42(45)49-39-41(40-51-53(47,48)50-38-37-44(3,4)5)52-43(46)36-34-32-30-28-26-23-21-19-17-15-13-11-9-7-2/h19-22,25,27,41H,6-18,23-24,26,28-40H2,1-5H3/b21-19+,22-20+,27-25+/t41-/m1/s1. The number of unbranched alkanes of at least 4 members (excludes halogenated alkanes) is 18. The van der Waals surface area contributed by atoms with Gasteiger partial charge in [0.15, 0.2) is 6.10 Å². The Morgan fingerprint density at radius 3 is 1.55 bits per heavy atom. The molecule has 0 aromatic carbocycles. The summed E-state index contributed by atoms with van der Waals surface area (Å²) < 4.78 is 33.8. The largest absolute Gasteiger partial charge is 0.756 e. The number of hydrogen-bond acceptors (Lipinski definition) is 8. The Bertz CT molecular complexity index is 1010. The summed E-state index contributed by atoms with van der Waals surface area (Å²) in [5, 5.41) is 0. The van der Waals surface area contributed by atoms with Crippen LogP contribution in [0, 0.1) is 0 Å². The van der Waals surface area contributed by atoms with Crippen molar-refractivity contribution in [2.75, 3.05) is 47.5 Å². The van der Waals surface area contributed by atoms with Crippen molar-refractivity contribution in [3.05, 3.63) is 36.5 Å². The minimum absolute atomic E-state index is 0.0374. The second-order valence-electron chi connectivity index (χ2n) is 15.3. The van der Waals surface area contributed by atoms with Gasteiger partial charge in [0.2, 0.25) is 0 Å². The Balaban J connectivity index is 4.45. The molecule has 0 fully saturated rings. The lowest BCUT2D eigenvalue weighted by molar-refractivity contribution is -0.870. The van der Waals surface area contributed by atoms with E-state index in [1.54, 1.807) is 0 Å². The zero-order valence-electron chi connectivity index (χ0n) is 34.7. The number of likely N-dealkylation sites (N-methyl/N-ethyl adjacent to an activating group) is 1. The molecule has 310 valence electrons. The zero-order valence-corrected chi connectivity index (χ0v) is 35.6. The molecule has 0 spiro atoms. The van der Waals surface area contributed by atoms with Gasteiger partial charge in [-0.15, -0.1) is 0 Å². The number of rotatable bonds is 38. The van der Waals surface area contributed by atoms with Gasteiger partial charge < -0.3 is 27.9 Å². The van der Waals surface area contributed by atoms with E-state index in [0.717, 1.165) is 57.8 Å². The summed E-state index contributed by atoms with van der Waals surface area (Å²) in [7, 11) is 1.14. The van der Waals surface area contributed by atoms with Crippen molar-refractivity contribution in [1.29, 1.82) is 0 Å². The molecule has 0 saturated heterocycles. The van der Waals surface area contributed by atoms with Gasteiger partial charge in [-0.2, -0.15) is 0 Å². The summed E-state index contributed by atoms with van der Waals surface area (Å²) in [4.78, 5) is 37.4. The van der Waals surface area contributed by atoms with Crippen LogP contribution in [0.2, 0.25) is 0 Å². The summed E-state index contributed by atoms with van der Waals surface area (Å²) in [6.07, 6.45) is 38.8. The van der Waals surface area contributed by atoms with E-state index in [1.165, 1.54) is 77.0 Å². The summed E-state index contributed by atoms with van der Waals surface area (Å²) in [6, 6.07) is 0. The minimum Gasteiger partial charge on any atom is -0.756 e. The van der Waals surface area contributed by atoms with Gasteiger partial charge in [-0.05, 0) is 70.6 Å². The molecule has 1 unspecified atom stereocenters. The number of esters is 2. The number of allylic oxidation sites excluding steroid dienone is 6. The van der Waals surface area contributed by atoms with E-state index < -0.39 is 32.5 Å². The van der Waals surface area contributed by atoms with Gasteiger partial charge in [-0.25, -0.2) is 0 Å². The van der Waals surface area contributed by atoms with Crippen LogP contribution in [0.15, 0.2) is 36.5 Å². The average Bonchev–Trinajstić information content (AvgIpc) is 3.10. The predicted molar refractivity (Wildman–Crippen MR) is 217 cm³/mol. The van der Waals surface area contributed by atoms with Gasteiger partial charge in [0.25, 0.3) is 7.82 Å². The van der Waals surface area contributed by atoms with Gasteiger partial charge in [0.1, 0.15) is 19.8 Å². The molecule has 0 aliphatic heterocycles. The van der Waals surface area contributed by atoms with Crippen LogP contribution in [-0.2, 0) is 32.7 Å². The Labute approximate surface area is 325 Å². The Morgan fingerprint density at radius 2 is 1.02 bits per heavy atom. The lowest BCUT2D eigenvalue weighted by Crippen LogP contribution is -2.37. The van der Waals surface area contributed by atoms with Gasteiger partial charge >= 0.3 is 11.9 Å². The van der Waals surface area contributed by atoms with Gasteiger partial charge in [-0.1, -0.05) is 127 Å². The van der Waals surface area contributed by atoms with E-state index in [0.29, 0.717) is 23.9 Å². The highest BCUT2D eigenvalue weighted by Gasteiger charge is 2.21. The molecule has 0 aromatic rings. The van der Waals surface area contributed by atoms with E-state index in [1.807, 2.05) is 21.1 Å². The van der Waals surface area contributed by atoms with Crippen LogP contribution in [0.25, 0.3) is 0 Å². The fourth-order valence-electron chi connectivity index (χ4n) is 5.50. The third-order valence-electron chi connectivity index (χ3n) is 8.88. The van der Waals surface area contributed by atoms with Gasteiger partial charge in [-0.3, -0.25) is 14.2 Å². The van der Waals surface area contributed by atoms with Crippen LogP contribution >= 0.6 is 7.82 Å². The smallest absolute Gasteiger partial charge is 0.306 e. The summed E-state index contributed by atoms with van der Waals surface area (Å²) in [5.74, 6) is -0.883.